The lowest BCUT2D eigenvalue weighted by atomic mass is 9.98. The average molecular weight is 739 g/mol. The number of alkyl carbamates (subject to hydrolysis) is 1. The number of aliphatic hydroxyl groups is 1. The van der Waals surface area contributed by atoms with Crippen LogP contribution in [0.4, 0.5) is 4.79 Å². The van der Waals surface area contributed by atoms with Crippen molar-refractivity contribution in [1.29, 1.82) is 0 Å². The molecule has 0 radical (unpaired) electrons. The van der Waals surface area contributed by atoms with Crippen molar-refractivity contribution in [3.05, 3.63) is 119 Å². The van der Waals surface area contributed by atoms with Crippen LogP contribution in [0.5, 0.6) is 5.75 Å². The van der Waals surface area contributed by atoms with E-state index in [1.54, 1.807) is 7.11 Å². The molecule has 8 nitrogen and oxygen atoms in total. The first-order valence-corrected chi connectivity index (χ1v) is 16.5. The van der Waals surface area contributed by atoms with Crippen molar-refractivity contribution >= 4 is 42.5 Å². The summed E-state index contributed by atoms with van der Waals surface area (Å²) in [6.45, 7) is 1.50. The number of ether oxygens (including phenoxy) is 2. The van der Waals surface area contributed by atoms with Gasteiger partial charge in [-0.15, -0.1) is 9.24 Å². The maximum Gasteiger partial charge on any atom is 0.407 e. The summed E-state index contributed by atoms with van der Waals surface area (Å²) in [6.07, 6.45) is 2.62. The van der Waals surface area contributed by atoms with Gasteiger partial charge in [0.1, 0.15) is 22.8 Å². The maximum absolute atomic E-state index is 12.0. The van der Waals surface area contributed by atoms with Gasteiger partial charge in [0.05, 0.1) is 13.2 Å². The Morgan fingerprint density at radius 2 is 1.35 bits per heavy atom. The van der Waals surface area contributed by atoms with Crippen molar-refractivity contribution in [1.82, 2.24) is 5.32 Å². The van der Waals surface area contributed by atoms with E-state index in [9.17, 15) is 14.7 Å². The highest BCUT2D eigenvalue weighted by Gasteiger charge is 2.30. The molecular weight excluding hydrogens is 689 g/mol. The Bertz CT molecular complexity index is 1560. The Labute approximate surface area is 295 Å². The maximum atomic E-state index is 12.0. The first-order chi connectivity index (χ1) is 22.0. The van der Waals surface area contributed by atoms with E-state index in [-0.39, 0.29) is 27.4 Å². The zero-order chi connectivity index (χ0) is 33.3. The summed E-state index contributed by atoms with van der Waals surface area (Å²) in [5.41, 5.74) is 18.0. The lowest BCUT2D eigenvalue weighted by Crippen LogP contribution is -2.51. The minimum absolute atomic E-state index is 0. The highest BCUT2D eigenvalue weighted by molar-refractivity contribution is 9.09. The van der Waals surface area contributed by atoms with E-state index < -0.39 is 28.6 Å². The zero-order valence-corrected chi connectivity index (χ0v) is 28.7. The lowest BCUT2D eigenvalue weighted by Gasteiger charge is -2.24. The molecule has 0 aliphatic heterocycles. The molecule has 0 saturated heterocycles. The third kappa shape index (κ3) is 10.6. The predicted molar refractivity (Wildman–Crippen MR) is 203 cm³/mol. The molecule has 4 atom stereocenters. The van der Waals surface area contributed by atoms with Gasteiger partial charge in [0.15, 0.2) is 0 Å². The third-order valence-electron chi connectivity index (χ3n) is 7.60. The monoisotopic (exact) mass is 737 g/mol. The summed E-state index contributed by atoms with van der Waals surface area (Å²) in [5, 5.41) is 12.9. The van der Waals surface area contributed by atoms with Gasteiger partial charge in [-0.1, -0.05) is 135 Å². The number of nitrogens with two attached hydrogens (primary N) is 2. The van der Waals surface area contributed by atoms with Gasteiger partial charge in [-0.05, 0) is 57.7 Å². The largest absolute Gasteiger partial charge is 0.497 e. The van der Waals surface area contributed by atoms with E-state index in [4.69, 9.17) is 20.9 Å². The van der Waals surface area contributed by atoms with Crippen molar-refractivity contribution in [2.75, 3.05) is 13.7 Å². The van der Waals surface area contributed by atoms with E-state index in [1.807, 2.05) is 97.1 Å². The molecule has 258 valence electrons. The van der Waals surface area contributed by atoms with Crippen molar-refractivity contribution in [3.63, 3.8) is 0 Å². The van der Waals surface area contributed by atoms with Crippen LogP contribution in [0.1, 0.15) is 69.2 Å². The molecule has 10 heteroatoms. The van der Waals surface area contributed by atoms with Gasteiger partial charge in [0, 0.05) is 5.92 Å². The van der Waals surface area contributed by atoms with Crippen LogP contribution in [0.3, 0.4) is 0 Å². The van der Waals surface area contributed by atoms with Crippen molar-refractivity contribution in [3.8, 4) is 16.9 Å². The fourth-order valence-electron chi connectivity index (χ4n) is 4.92. The summed E-state index contributed by atoms with van der Waals surface area (Å²) in [6, 6.07) is 30.6. The molecule has 0 aromatic heterocycles. The number of halogens is 1. The number of rotatable bonds is 8. The van der Waals surface area contributed by atoms with E-state index in [0.717, 1.165) is 44.4 Å². The Morgan fingerprint density at radius 3 is 1.77 bits per heavy atom. The van der Waals surface area contributed by atoms with Crippen LogP contribution in [-0.2, 0) is 14.0 Å². The van der Waals surface area contributed by atoms with Gasteiger partial charge < -0.3 is 31.4 Å². The SMILES string of the molecule is C.C.C1CC1.COc1ccc(C(N)(Br)c2ccc(P)cc2)cc1.C[C@@H](O)[C@H](NC(=O)OCC1c2ccccc2-c2ccccc21)C(N)=O. The second kappa shape index (κ2) is 18.7. The van der Waals surface area contributed by atoms with Gasteiger partial charge in [-0.2, -0.15) is 0 Å². The second-order valence-corrected chi connectivity index (χ2v) is 13.1. The predicted octanol–water partition coefficient (Wildman–Crippen LogP) is 6.95. The summed E-state index contributed by atoms with van der Waals surface area (Å²) in [5.74, 6) is -0.0670. The Morgan fingerprint density at radius 1 is 0.896 bits per heavy atom. The van der Waals surface area contributed by atoms with Gasteiger partial charge in [0.2, 0.25) is 5.91 Å². The molecule has 0 spiro atoms. The summed E-state index contributed by atoms with van der Waals surface area (Å²) in [4.78, 5) is 23.2. The molecule has 2 unspecified atom stereocenters. The number of amides is 2. The van der Waals surface area contributed by atoms with Gasteiger partial charge in [-0.3, -0.25) is 4.79 Å². The molecule has 2 amide bonds. The molecule has 2 aliphatic carbocycles. The fourth-order valence-corrected chi connectivity index (χ4v) is 5.64. The number of carbonyl (C=O) groups excluding carboxylic acids is 2. The first-order valence-electron chi connectivity index (χ1n) is 15.1. The number of fused-ring (bicyclic) bond motifs is 3. The van der Waals surface area contributed by atoms with Crippen LogP contribution in [0.2, 0.25) is 0 Å². The lowest BCUT2D eigenvalue weighted by molar-refractivity contribution is -0.122. The number of primary amides is 1. The summed E-state index contributed by atoms with van der Waals surface area (Å²) < 4.78 is 9.76. The van der Waals surface area contributed by atoms with Crippen molar-refractivity contribution in [2.24, 2.45) is 11.5 Å². The molecule has 1 saturated carbocycles. The number of alkyl halides is 1. The van der Waals surface area contributed by atoms with Crippen LogP contribution in [0.25, 0.3) is 11.1 Å². The quantitative estimate of drug-likeness (QED) is 0.0878. The molecule has 0 heterocycles. The number of nitrogens with one attached hydrogen (secondary N) is 1. The highest BCUT2D eigenvalue weighted by Crippen LogP contribution is 2.44. The van der Waals surface area contributed by atoms with Crippen LogP contribution in [-0.4, -0.2) is 43.0 Å². The van der Waals surface area contributed by atoms with Crippen LogP contribution in [0.15, 0.2) is 97.1 Å². The van der Waals surface area contributed by atoms with Crippen LogP contribution in [0, 0.1) is 0 Å². The highest BCUT2D eigenvalue weighted by atomic mass is 79.9. The topological polar surface area (TPSA) is 137 Å². The van der Waals surface area contributed by atoms with Crippen molar-refractivity contribution in [2.45, 2.75) is 63.6 Å². The van der Waals surface area contributed by atoms with Crippen molar-refractivity contribution < 1.29 is 24.2 Å². The molecule has 4 aromatic carbocycles. The molecular formula is C38H49BrN3O5P. The molecule has 6 N–H and O–H groups in total. The Balaban J connectivity index is 0.000000306. The minimum atomic E-state index is -1.18. The van der Waals surface area contributed by atoms with E-state index >= 15 is 0 Å². The first kappa shape index (κ1) is 40.4. The van der Waals surface area contributed by atoms with E-state index in [1.165, 1.54) is 26.2 Å². The number of carbonyl (C=O) groups is 2. The third-order valence-corrected chi connectivity index (χ3v) is 8.90. The Hall–Kier alpha value is -3.75. The summed E-state index contributed by atoms with van der Waals surface area (Å²) in [7, 11) is 4.31. The summed E-state index contributed by atoms with van der Waals surface area (Å²) >= 11 is 3.60. The van der Waals surface area contributed by atoms with Gasteiger partial charge in [0.25, 0.3) is 0 Å². The number of aliphatic hydroxyl groups excluding tert-OH is 1. The van der Waals surface area contributed by atoms with Gasteiger partial charge >= 0.3 is 6.09 Å². The van der Waals surface area contributed by atoms with Crippen LogP contribution < -0.4 is 26.8 Å². The number of hydrogen-bond acceptors (Lipinski definition) is 6. The fraction of sp³-hybridized carbons (Fsp3) is 0.316. The van der Waals surface area contributed by atoms with E-state index in [2.05, 4.69) is 30.5 Å². The molecule has 1 fully saturated rings. The molecule has 0 bridgehead atoms. The average Bonchev–Trinajstić information content (AvgIpc) is 3.91. The molecule has 4 aromatic rings. The molecule has 2 aliphatic rings. The van der Waals surface area contributed by atoms with E-state index in [0.29, 0.717) is 0 Å². The Kier molecular flexibility index (Phi) is 15.8. The number of hydrogen-bond donors (Lipinski definition) is 4. The normalized spacial score (nSPS) is 14.5. The van der Waals surface area contributed by atoms with Crippen LogP contribution >= 0.6 is 25.2 Å². The molecule has 6 rings (SSSR count). The number of methoxy groups -OCH3 is 1. The molecule has 48 heavy (non-hydrogen) atoms. The second-order valence-electron chi connectivity index (χ2n) is 11.2. The standard InChI is InChI=1S/C19H20N2O4.C14H15BrNOP.C3H6.2CH4/c1-11(22)17(18(20)23)21-19(24)25-10-16-14-8-4-2-6-12(14)13-7-3-5-9-15(13)16;1-17-12-6-2-10(3-7-12)14(15,16)11-4-8-13(18)9-5-11;1-2-3-1;;/h2-9,11,16-17,22H,10H2,1H3,(H2,20,23)(H,21,24);2-9H,16,18H2,1H3;1-3H2;2*1H4/t11-,17+;;;;/m1..../s1. The minimum Gasteiger partial charge on any atom is -0.497 e. The number of benzene rings is 4. The van der Waals surface area contributed by atoms with Gasteiger partial charge in [-0.25, -0.2) is 4.79 Å². The smallest absolute Gasteiger partial charge is 0.407 e. The zero-order valence-electron chi connectivity index (χ0n) is 26.0.